The minimum Gasteiger partial charge on any atom is -0.363 e. The van der Waals surface area contributed by atoms with Gasteiger partial charge in [-0.2, -0.15) is 0 Å². The van der Waals surface area contributed by atoms with Crippen LogP contribution in [0.25, 0.3) is 0 Å². The summed E-state index contributed by atoms with van der Waals surface area (Å²) >= 11 is 0. The van der Waals surface area contributed by atoms with E-state index >= 15 is 8.78 Å². The van der Waals surface area contributed by atoms with Crippen molar-refractivity contribution in [2.45, 2.75) is 83.8 Å². The number of hydrogen-bond donors (Lipinski definition) is 2. The zero-order chi connectivity index (χ0) is 30.7. The average Bonchev–Trinajstić information content (AvgIpc) is 3.30. The van der Waals surface area contributed by atoms with Crippen LogP contribution in [0.2, 0.25) is 0 Å². The smallest absolute Gasteiger partial charge is 0.240 e. The average molecular weight is 603 g/mol. The maximum Gasteiger partial charge on any atom is 0.240 e. The number of benzene rings is 1. The van der Waals surface area contributed by atoms with Gasteiger partial charge in [0.25, 0.3) is 0 Å². The predicted molar refractivity (Wildman–Crippen MR) is 167 cm³/mol. The zero-order valence-electron chi connectivity index (χ0n) is 25.8. The van der Waals surface area contributed by atoms with Crippen molar-refractivity contribution in [3.8, 4) is 0 Å². The van der Waals surface area contributed by atoms with Crippen LogP contribution in [0.3, 0.4) is 0 Å². The van der Waals surface area contributed by atoms with Crippen molar-refractivity contribution in [2.24, 2.45) is 21.3 Å². The van der Waals surface area contributed by atoms with Crippen molar-refractivity contribution in [1.82, 2.24) is 10.2 Å². The van der Waals surface area contributed by atoms with E-state index in [1.807, 2.05) is 39.1 Å². The molecule has 2 N–H and O–H groups in total. The summed E-state index contributed by atoms with van der Waals surface area (Å²) in [7, 11) is -1.51. The number of hydrogen-bond acceptors (Lipinski definition) is 7. The molecule has 8 nitrogen and oxygen atoms in total. The molecule has 0 bridgehead atoms. The second-order valence-electron chi connectivity index (χ2n) is 13.9. The van der Waals surface area contributed by atoms with Gasteiger partial charge in [-0.3, -0.25) is 4.31 Å². The molecule has 0 spiro atoms. The van der Waals surface area contributed by atoms with Crippen molar-refractivity contribution in [3.05, 3.63) is 46.9 Å². The molecular formula is C31H44F2N6O2S. The highest BCUT2D eigenvalue weighted by atomic mass is 32.2. The molecule has 5 rings (SSSR count). The van der Waals surface area contributed by atoms with Crippen LogP contribution < -0.4 is 14.9 Å². The summed E-state index contributed by atoms with van der Waals surface area (Å²) in [6, 6.07) is 5.74. The van der Waals surface area contributed by atoms with Crippen LogP contribution in [0.1, 0.15) is 66.4 Å². The highest BCUT2D eigenvalue weighted by Crippen LogP contribution is 2.43. The van der Waals surface area contributed by atoms with E-state index in [0.29, 0.717) is 24.4 Å². The van der Waals surface area contributed by atoms with Crippen LogP contribution >= 0.6 is 0 Å². The number of halogens is 2. The van der Waals surface area contributed by atoms with E-state index in [1.165, 1.54) is 17.3 Å². The first-order valence-electron chi connectivity index (χ1n) is 14.8. The third-order valence-corrected chi connectivity index (χ3v) is 11.3. The van der Waals surface area contributed by atoms with Crippen LogP contribution in [0.15, 0.2) is 51.4 Å². The summed E-state index contributed by atoms with van der Waals surface area (Å²) in [5.41, 5.74) is 0.768. The standard InChI is InChI=1S/C31H44F2N6O2S/c1-29(2,3)42(40,41)39-15-12-20-8-9-22(17-25(20)39)35-27-30(4,5)19-34-28(37-27)36-23-16-24(32)26(31(6,33)18-23)21-10-13-38(7)14-11-21/h8-9,16-17,19,21,27,35H,10-15,18H2,1-7H3,(H,36,37). The zero-order valence-corrected chi connectivity index (χ0v) is 26.6. The number of rotatable bonds is 5. The number of sulfonamides is 1. The molecule has 3 aliphatic heterocycles. The van der Waals surface area contributed by atoms with Gasteiger partial charge in [-0.1, -0.05) is 19.9 Å². The van der Waals surface area contributed by atoms with Gasteiger partial charge >= 0.3 is 0 Å². The van der Waals surface area contributed by atoms with E-state index in [-0.39, 0.29) is 23.9 Å². The highest BCUT2D eigenvalue weighted by molar-refractivity contribution is 7.94. The number of aliphatic imine (C=N–C) groups is 2. The van der Waals surface area contributed by atoms with Gasteiger partial charge in [-0.25, -0.2) is 27.2 Å². The van der Waals surface area contributed by atoms with Crippen LogP contribution in [-0.2, 0) is 16.4 Å². The summed E-state index contributed by atoms with van der Waals surface area (Å²) in [5, 5.41) is 6.51. The summed E-state index contributed by atoms with van der Waals surface area (Å²) in [6.07, 6.45) is 4.88. The Bertz CT molecular complexity index is 1460. The molecule has 1 fully saturated rings. The fourth-order valence-corrected chi connectivity index (χ4v) is 7.63. The van der Waals surface area contributed by atoms with Gasteiger partial charge in [-0.05, 0) is 96.8 Å². The lowest BCUT2D eigenvalue weighted by Crippen LogP contribution is -2.43. The van der Waals surface area contributed by atoms with E-state index in [0.717, 1.165) is 37.2 Å². The lowest BCUT2D eigenvalue weighted by Gasteiger charge is -2.38. The number of allylic oxidation sites excluding steroid dienone is 4. The Morgan fingerprint density at radius 3 is 2.43 bits per heavy atom. The molecule has 1 aromatic rings. The fourth-order valence-electron chi connectivity index (χ4n) is 6.21. The molecule has 0 amide bonds. The number of anilines is 2. The lowest BCUT2D eigenvalue weighted by atomic mass is 9.76. The molecule has 2 atom stereocenters. The minimum absolute atomic E-state index is 0.0149. The Hall–Kier alpha value is -2.79. The van der Waals surface area contributed by atoms with Crippen molar-refractivity contribution in [2.75, 3.05) is 36.3 Å². The minimum atomic E-state index is -3.54. The highest BCUT2D eigenvalue weighted by Gasteiger charge is 2.42. The largest absolute Gasteiger partial charge is 0.363 e. The summed E-state index contributed by atoms with van der Waals surface area (Å²) < 4.78 is 58.4. The van der Waals surface area contributed by atoms with Crippen LogP contribution in [-0.4, -0.2) is 68.8 Å². The summed E-state index contributed by atoms with van der Waals surface area (Å²) in [5.74, 6) is -0.343. The van der Waals surface area contributed by atoms with Crippen LogP contribution in [0.5, 0.6) is 0 Å². The molecule has 3 heterocycles. The number of alkyl halides is 1. The van der Waals surface area contributed by atoms with E-state index in [2.05, 4.69) is 20.5 Å². The van der Waals surface area contributed by atoms with Gasteiger partial charge in [0.15, 0.2) is 0 Å². The van der Waals surface area contributed by atoms with E-state index in [9.17, 15) is 8.42 Å². The second kappa shape index (κ2) is 10.7. The molecule has 11 heteroatoms. The molecule has 4 aliphatic rings. The van der Waals surface area contributed by atoms with Gasteiger partial charge < -0.3 is 15.5 Å². The molecule has 0 saturated carbocycles. The summed E-state index contributed by atoms with van der Waals surface area (Å²) in [6.45, 7) is 12.7. The molecule has 42 heavy (non-hydrogen) atoms. The number of nitrogens with one attached hydrogen (secondary N) is 2. The number of fused-ring (bicyclic) bond motifs is 1. The Morgan fingerprint density at radius 2 is 1.79 bits per heavy atom. The molecule has 1 aliphatic carbocycles. The molecule has 230 valence electrons. The predicted octanol–water partition coefficient (Wildman–Crippen LogP) is 5.55. The first kappa shape index (κ1) is 30.7. The maximum absolute atomic E-state index is 15.9. The first-order chi connectivity index (χ1) is 19.5. The molecule has 1 saturated heterocycles. The van der Waals surface area contributed by atoms with Crippen molar-refractivity contribution < 1.29 is 17.2 Å². The summed E-state index contributed by atoms with van der Waals surface area (Å²) in [4.78, 5) is 11.4. The van der Waals surface area contributed by atoms with Crippen molar-refractivity contribution in [3.63, 3.8) is 0 Å². The monoisotopic (exact) mass is 602 g/mol. The molecule has 1 aromatic carbocycles. The second-order valence-corrected chi connectivity index (χ2v) is 16.5. The Labute approximate surface area is 249 Å². The SMILES string of the molecule is CN1CCC(C2=C(F)C=C(NC3=NC(Nc4ccc5c(c4)N(S(=O)(=O)C(C)(C)C)CC5)C(C)(C)C=N3)CC2(C)F)CC1. The maximum atomic E-state index is 15.9. The van der Waals surface area contributed by atoms with Crippen molar-refractivity contribution in [1.29, 1.82) is 0 Å². The topological polar surface area (TPSA) is 89.4 Å². The van der Waals surface area contributed by atoms with E-state index < -0.39 is 37.8 Å². The van der Waals surface area contributed by atoms with Gasteiger partial charge in [0.1, 0.15) is 17.7 Å². The Kier molecular flexibility index (Phi) is 7.83. The molecular weight excluding hydrogens is 558 g/mol. The molecule has 0 radical (unpaired) electrons. The van der Waals surface area contributed by atoms with Crippen LogP contribution in [0.4, 0.5) is 20.2 Å². The van der Waals surface area contributed by atoms with Gasteiger partial charge in [0.2, 0.25) is 16.0 Å². The third-order valence-electron chi connectivity index (χ3n) is 8.82. The Balaban J connectivity index is 1.36. The number of guanidine groups is 1. The fraction of sp³-hybridized carbons (Fsp3) is 0.613. The van der Waals surface area contributed by atoms with Crippen molar-refractivity contribution >= 4 is 33.6 Å². The lowest BCUT2D eigenvalue weighted by molar-refractivity contribution is 0.169. The quantitative estimate of drug-likeness (QED) is 0.461. The van der Waals surface area contributed by atoms with Gasteiger partial charge in [0, 0.05) is 41.6 Å². The van der Waals surface area contributed by atoms with Gasteiger partial charge in [-0.15, -0.1) is 0 Å². The number of likely N-dealkylation sites (tertiary alicyclic amines) is 1. The van der Waals surface area contributed by atoms with Crippen LogP contribution in [0, 0.1) is 11.3 Å². The number of nitrogens with zero attached hydrogens (tertiary/aromatic N) is 4. The van der Waals surface area contributed by atoms with E-state index in [4.69, 9.17) is 4.99 Å². The normalized spacial score (nSPS) is 27.1. The third kappa shape index (κ3) is 5.86. The Morgan fingerprint density at radius 1 is 1.10 bits per heavy atom. The van der Waals surface area contributed by atoms with Gasteiger partial charge in [0.05, 0.1) is 10.4 Å². The first-order valence-corrected chi connectivity index (χ1v) is 16.2. The molecule has 0 aromatic heterocycles. The number of piperidine rings is 1. The van der Waals surface area contributed by atoms with E-state index in [1.54, 1.807) is 27.0 Å². The molecule has 2 unspecified atom stereocenters.